The SMILES string of the molecule is CCN(CC)C(F)=PP(N(C)C)C(F)(F)F. The second-order valence-corrected chi connectivity index (χ2v) is 7.34. The molecule has 1 atom stereocenters. The van der Waals surface area contributed by atoms with Crippen molar-refractivity contribution in [2.45, 2.75) is 19.8 Å². The lowest BCUT2D eigenvalue weighted by Gasteiger charge is -2.24. The first-order valence-corrected chi connectivity index (χ1v) is 7.66. The summed E-state index contributed by atoms with van der Waals surface area (Å²) >= 11 is 0. The zero-order chi connectivity index (χ0) is 12.9. The predicted octanol–water partition coefficient (Wildman–Crippen LogP) is 3.72. The lowest BCUT2D eigenvalue weighted by atomic mass is 10.6. The molecule has 8 heteroatoms. The summed E-state index contributed by atoms with van der Waals surface area (Å²) in [6.45, 7) is 4.18. The first-order valence-electron chi connectivity index (χ1n) is 4.77. The summed E-state index contributed by atoms with van der Waals surface area (Å²) in [5.41, 5.74) is -0.706. The van der Waals surface area contributed by atoms with Crippen LogP contribution in [-0.2, 0) is 0 Å². The number of rotatable bonds is 5. The highest BCUT2D eigenvalue weighted by Crippen LogP contribution is 2.64. The molecule has 0 bridgehead atoms. The number of hydrogen-bond acceptors (Lipinski definition) is 1. The van der Waals surface area contributed by atoms with Crippen LogP contribution in [0.25, 0.3) is 0 Å². The van der Waals surface area contributed by atoms with Crippen LogP contribution in [0.2, 0.25) is 0 Å². The van der Waals surface area contributed by atoms with Crippen molar-refractivity contribution in [1.29, 1.82) is 0 Å². The highest BCUT2D eigenvalue weighted by Gasteiger charge is 2.41. The van der Waals surface area contributed by atoms with Crippen molar-refractivity contribution in [1.82, 2.24) is 9.57 Å². The number of alkyl halides is 3. The monoisotopic (exact) mass is 278 g/mol. The first-order chi connectivity index (χ1) is 7.23. The van der Waals surface area contributed by atoms with E-state index in [0.29, 0.717) is 13.1 Å². The molecule has 0 spiro atoms. The number of nitrogens with zero attached hydrogens (tertiary/aromatic N) is 2. The highest BCUT2D eigenvalue weighted by atomic mass is 32.0. The van der Waals surface area contributed by atoms with Crippen LogP contribution >= 0.6 is 15.7 Å². The maximum Gasteiger partial charge on any atom is 0.427 e. The average molecular weight is 278 g/mol. The van der Waals surface area contributed by atoms with Gasteiger partial charge in [0.25, 0.3) is 0 Å². The minimum Gasteiger partial charge on any atom is -0.274 e. The van der Waals surface area contributed by atoms with E-state index in [2.05, 4.69) is 0 Å². The smallest absolute Gasteiger partial charge is 0.274 e. The molecule has 0 aliphatic heterocycles. The third-order valence-corrected chi connectivity index (χ3v) is 6.47. The average Bonchev–Trinajstić information content (AvgIpc) is 2.13. The van der Waals surface area contributed by atoms with Crippen LogP contribution < -0.4 is 0 Å². The zero-order valence-electron chi connectivity index (χ0n) is 9.71. The fraction of sp³-hybridized carbons (Fsp3) is 0.875. The van der Waals surface area contributed by atoms with Crippen molar-refractivity contribution >= 4 is 21.3 Å². The van der Waals surface area contributed by atoms with Gasteiger partial charge < -0.3 is 0 Å². The number of halogens is 4. The fourth-order valence-corrected chi connectivity index (χ4v) is 4.04. The van der Waals surface area contributed by atoms with Crippen LogP contribution in [0.5, 0.6) is 0 Å². The Hall–Kier alpha value is 0.240. The summed E-state index contributed by atoms with van der Waals surface area (Å²) in [5.74, 6) is -4.36. The third kappa shape index (κ3) is 5.05. The standard InChI is InChI=1S/C8H16F4N2P2/c1-5-14(6-2)7(9)15-16(13(3)4)8(10,11)12/h5-6H2,1-4H3. The molecular weight excluding hydrogens is 262 g/mol. The molecular formula is C8H16F4N2P2. The Labute approximate surface area is 96.1 Å². The summed E-state index contributed by atoms with van der Waals surface area (Å²) in [6, 6.07) is 0. The van der Waals surface area contributed by atoms with E-state index in [-0.39, 0.29) is 7.89 Å². The molecule has 0 aliphatic carbocycles. The Kier molecular flexibility index (Phi) is 6.95. The van der Waals surface area contributed by atoms with Crippen LogP contribution in [0.4, 0.5) is 17.6 Å². The highest BCUT2D eigenvalue weighted by molar-refractivity contribution is 8.20. The maximum atomic E-state index is 13.5. The van der Waals surface area contributed by atoms with Gasteiger partial charge in [-0.2, -0.15) is 17.6 Å². The van der Waals surface area contributed by atoms with Crippen molar-refractivity contribution in [2.75, 3.05) is 27.2 Å². The van der Waals surface area contributed by atoms with E-state index in [1.165, 1.54) is 19.0 Å². The number of hydrogen-bond donors (Lipinski definition) is 0. The quantitative estimate of drug-likeness (QED) is 0.429. The molecule has 0 aliphatic rings. The Bertz CT molecular complexity index is 239. The Morgan fingerprint density at radius 3 is 1.88 bits per heavy atom. The first kappa shape index (κ1) is 16.2. The summed E-state index contributed by atoms with van der Waals surface area (Å²) in [4.78, 5) is 1.30. The van der Waals surface area contributed by atoms with Crippen LogP contribution in [0.1, 0.15) is 13.8 Å². The van der Waals surface area contributed by atoms with Gasteiger partial charge in [0.05, 0.1) is 0 Å². The van der Waals surface area contributed by atoms with Crippen LogP contribution in [0.3, 0.4) is 0 Å². The molecule has 0 heterocycles. The minimum absolute atomic E-state index is 0.288. The molecule has 16 heavy (non-hydrogen) atoms. The van der Waals surface area contributed by atoms with Crippen LogP contribution in [0.15, 0.2) is 0 Å². The molecule has 0 saturated heterocycles. The molecule has 0 amide bonds. The second-order valence-electron chi connectivity index (χ2n) is 3.15. The van der Waals surface area contributed by atoms with E-state index in [1.54, 1.807) is 13.8 Å². The van der Waals surface area contributed by atoms with Crippen LogP contribution in [0, 0.1) is 0 Å². The van der Waals surface area contributed by atoms with E-state index < -0.39 is 19.3 Å². The third-order valence-electron chi connectivity index (χ3n) is 1.81. The zero-order valence-corrected chi connectivity index (χ0v) is 11.5. The van der Waals surface area contributed by atoms with Gasteiger partial charge in [-0.1, -0.05) is 13.8 Å². The van der Waals surface area contributed by atoms with Gasteiger partial charge in [-0.3, -0.25) is 4.67 Å². The van der Waals surface area contributed by atoms with Gasteiger partial charge in [-0.05, 0) is 14.1 Å². The lowest BCUT2D eigenvalue weighted by Crippen LogP contribution is -2.26. The molecule has 0 N–H and O–H groups in total. The minimum atomic E-state index is -4.36. The molecule has 0 aromatic carbocycles. The van der Waals surface area contributed by atoms with Crippen molar-refractivity contribution < 1.29 is 17.6 Å². The summed E-state index contributed by atoms with van der Waals surface area (Å²) in [6.07, 6.45) is 0. The normalized spacial score (nSPS) is 16.0. The molecule has 1 unspecified atom stereocenters. The topological polar surface area (TPSA) is 6.48 Å². The van der Waals surface area contributed by atoms with Gasteiger partial charge in [0.2, 0.25) is 0 Å². The van der Waals surface area contributed by atoms with Crippen LogP contribution in [-0.4, -0.2) is 48.3 Å². The van der Waals surface area contributed by atoms with E-state index in [1.807, 2.05) is 0 Å². The molecule has 0 saturated carbocycles. The summed E-state index contributed by atoms with van der Waals surface area (Å²) in [5, 5.41) is 0. The summed E-state index contributed by atoms with van der Waals surface area (Å²) in [7, 11) is -0.138. The van der Waals surface area contributed by atoms with Crippen molar-refractivity contribution in [2.24, 2.45) is 0 Å². The predicted molar refractivity (Wildman–Crippen MR) is 62.6 cm³/mol. The molecule has 0 aromatic rings. The van der Waals surface area contributed by atoms with E-state index in [0.717, 1.165) is 4.67 Å². The van der Waals surface area contributed by atoms with Gasteiger partial charge in [-0.25, -0.2) is 4.90 Å². The fourth-order valence-electron chi connectivity index (χ4n) is 0.999. The van der Waals surface area contributed by atoms with E-state index in [9.17, 15) is 17.6 Å². The van der Waals surface area contributed by atoms with Gasteiger partial charge in [-0.15, -0.1) is 0 Å². The lowest BCUT2D eigenvalue weighted by molar-refractivity contribution is -0.0415. The largest absolute Gasteiger partial charge is 0.427 e. The van der Waals surface area contributed by atoms with Gasteiger partial charge >= 0.3 is 5.92 Å². The second kappa shape index (κ2) is 6.85. The van der Waals surface area contributed by atoms with E-state index >= 15 is 0 Å². The molecule has 0 radical (unpaired) electrons. The molecule has 0 fully saturated rings. The summed E-state index contributed by atoms with van der Waals surface area (Å²) < 4.78 is 52.3. The molecule has 0 aromatic heterocycles. The van der Waals surface area contributed by atoms with E-state index in [4.69, 9.17) is 0 Å². The molecule has 2 nitrogen and oxygen atoms in total. The molecule has 96 valence electrons. The van der Waals surface area contributed by atoms with Crippen molar-refractivity contribution in [3.05, 3.63) is 0 Å². The van der Waals surface area contributed by atoms with Gasteiger partial charge in [0, 0.05) is 21.0 Å². The Balaban J connectivity index is 4.92. The van der Waals surface area contributed by atoms with Gasteiger partial charge in [0.15, 0.2) is 5.67 Å². The maximum absolute atomic E-state index is 13.5. The Morgan fingerprint density at radius 1 is 1.19 bits per heavy atom. The molecule has 0 rings (SSSR count). The van der Waals surface area contributed by atoms with Gasteiger partial charge in [0.1, 0.15) is 7.76 Å². The van der Waals surface area contributed by atoms with Crippen molar-refractivity contribution in [3.63, 3.8) is 0 Å². The Morgan fingerprint density at radius 2 is 1.62 bits per heavy atom. The van der Waals surface area contributed by atoms with Crippen molar-refractivity contribution in [3.8, 4) is 0 Å².